The van der Waals surface area contributed by atoms with E-state index in [4.69, 9.17) is 0 Å². The summed E-state index contributed by atoms with van der Waals surface area (Å²) in [4.78, 5) is 27.3. The topological polar surface area (TPSA) is 61.4 Å². The Balaban J connectivity index is 1.32. The van der Waals surface area contributed by atoms with Crippen molar-refractivity contribution in [2.75, 3.05) is 13.1 Å². The predicted molar refractivity (Wildman–Crippen MR) is 97.1 cm³/mol. The Bertz CT molecular complexity index is 490. The standard InChI is InChI=1S/C20H33N3O2/c1-14(23-6-4-2-3-5-7-23)18(24)21-19(25)22-20-11-15-8-16(12-20)10-17(9-15)13-20/h14-17H,2-13H2,1H3,(H2,21,22,24,25)/t14-,15?,16?,17?,20?/m1/s1. The fourth-order valence-corrected chi connectivity index (χ4v) is 6.40. The van der Waals surface area contributed by atoms with Gasteiger partial charge in [0.25, 0.3) is 0 Å². The predicted octanol–water partition coefficient (Wildman–Crippen LogP) is 3.05. The molecule has 3 amide bonds. The van der Waals surface area contributed by atoms with Gasteiger partial charge in [-0.1, -0.05) is 12.8 Å². The lowest BCUT2D eigenvalue weighted by atomic mass is 9.53. The van der Waals surface area contributed by atoms with Crippen LogP contribution >= 0.6 is 0 Å². The van der Waals surface area contributed by atoms with Crippen LogP contribution in [0.15, 0.2) is 0 Å². The van der Waals surface area contributed by atoms with E-state index in [0.717, 1.165) is 62.9 Å². The second-order valence-corrected chi connectivity index (χ2v) is 9.27. The number of urea groups is 1. The SMILES string of the molecule is C[C@H](C(=O)NC(=O)NC12CC3CC(CC(C3)C1)C2)N1CCCCCC1. The molecule has 0 spiro atoms. The van der Waals surface area contributed by atoms with Crippen LogP contribution in [0, 0.1) is 17.8 Å². The van der Waals surface area contributed by atoms with Gasteiger partial charge in [-0.05, 0) is 89.1 Å². The normalized spacial score (nSPS) is 38.8. The summed E-state index contributed by atoms with van der Waals surface area (Å²) in [6.07, 6.45) is 12.2. The lowest BCUT2D eigenvalue weighted by molar-refractivity contribution is -0.124. The molecule has 5 rings (SSSR count). The van der Waals surface area contributed by atoms with E-state index in [1.54, 1.807) is 0 Å². The molecule has 140 valence electrons. The minimum Gasteiger partial charge on any atom is -0.332 e. The van der Waals surface area contributed by atoms with Crippen LogP contribution in [0.3, 0.4) is 0 Å². The zero-order chi connectivity index (χ0) is 17.4. The third-order valence-corrected chi connectivity index (χ3v) is 7.22. The number of carbonyl (C=O) groups excluding carboxylic acids is 2. The van der Waals surface area contributed by atoms with Gasteiger partial charge in [0.15, 0.2) is 0 Å². The maximum atomic E-state index is 12.5. The number of rotatable bonds is 3. The molecule has 5 fully saturated rings. The molecule has 4 saturated carbocycles. The van der Waals surface area contributed by atoms with Gasteiger partial charge in [0.1, 0.15) is 0 Å². The Hall–Kier alpha value is -1.10. The monoisotopic (exact) mass is 347 g/mol. The highest BCUT2D eigenvalue weighted by Gasteiger charge is 2.51. The summed E-state index contributed by atoms with van der Waals surface area (Å²) >= 11 is 0. The molecule has 25 heavy (non-hydrogen) atoms. The zero-order valence-electron chi connectivity index (χ0n) is 15.6. The maximum Gasteiger partial charge on any atom is 0.321 e. The minimum atomic E-state index is -0.270. The van der Waals surface area contributed by atoms with Gasteiger partial charge in [-0.25, -0.2) is 4.79 Å². The van der Waals surface area contributed by atoms with Gasteiger partial charge < -0.3 is 5.32 Å². The summed E-state index contributed by atoms with van der Waals surface area (Å²) in [6, 6.07) is -0.492. The van der Waals surface area contributed by atoms with Gasteiger partial charge in [-0.3, -0.25) is 15.0 Å². The molecule has 1 heterocycles. The molecule has 1 atom stereocenters. The highest BCUT2D eigenvalue weighted by atomic mass is 16.2. The summed E-state index contributed by atoms with van der Waals surface area (Å²) in [7, 11) is 0. The van der Waals surface area contributed by atoms with Gasteiger partial charge in [-0.15, -0.1) is 0 Å². The summed E-state index contributed by atoms with van der Waals surface area (Å²) < 4.78 is 0. The van der Waals surface area contributed by atoms with Crippen molar-refractivity contribution in [2.45, 2.75) is 82.7 Å². The number of carbonyl (C=O) groups is 2. The molecule has 0 radical (unpaired) electrons. The number of amides is 3. The highest BCUT2D eigenvalue weighted by Crippen LogP contribution is 2.55. The fourth-order valence-electron chi connectivity index (χ4n) is 6.40. The van der Waals surface area contributed by atoms with Crippen molar-refractivity contribution in [1.82, 2.24) is 15.5 Å². The van der Waals surface area contributed by atoms with Crippen LogP contribution in [-0.2, 0) is 4.79 Å². The largest absolute Gasteiger partial charge is 0.332 e. The Morgan fingerprint density at radius 1 is 0.920 bits per heavy atom. The highest BCUT2D eigenvalue weighted by molar-refractivity contribution is 5.97. The lowest BCUT2D eigenvalue weighted by Crippen LogP contribution is -2.62. The second-order valence-electron chi connectivity index (χ2n) is 9.27. The van der Waals surface area contributed by atoms with Gasteiger partial charge >= 0.3 is 6.03 Å². The first-order chi connectivity index (χ1) is 12.0. The van der Waals surface area contributed by atoms with Gasteiger partial charge in [0, 0.05) is 5.54 Å². The number of hydrogen-bond donors (Lipinski definition) is 2. The first-order valence-corrected chi connectivity index (χ1v) is 10.4. The van der Waals surface area contributed by atoms with Crippen LogP contribution in [0.4, 0.5) is 4.79 Å². The van der Waals surface area contributed by atoms with Crippen LogP contribution in [0.2, 0.25) is 0 Å². The first kappa shape index (κ1) is 17.3. The number of hydrogen-bond acceptors (Lipinski definition) is 3. The average Bonchev–Trinajstić information content (AvgIpc) is 2.81. The molecule has 5 aliphatic rings. The smallest absolute Gasteiger partial charge is 0.321 e. The second kappa shape index (κ2) is 6.90. The zero-order valence-corrected chi connectivity index (χ0v) is 15.6. The molecular weight excluding hydrogens is 314 g/mol. The molecule has 0 unspecified atom stereocenters. The molecule has 1 aliphatic heterocycles. The molecule has 0 aromatic heterocycles. The summed E-state index contributed by atoms with van der Waals surface area (Å²) in [6.45, 7) is 3.86. The molecule has 2 N–H and O–H groups in total. The van der Waals surface area contributed by atoms with Crippen molar-refractivity contribution in [1.29, 1.82) is 0 Å². The van der Waals surface area contributed by atoms with Crippen molar-refractivity contribution in [2.24, 2.45) is 17.8 Å². The Morgan fingerprint density at radius 2 is 1.44 bits per heavy atom. The third kappa shape index (κ3) is 3.71. The molecule has 5 nitrogen and oxygen atoms in total. The van der Waals surface area contributed by atoms with E-state index in [2.05, 4.69) is 15.5 Å². The first-order valence-electron chi connectivity index (χ1n) is 10.4. The van der Waals surface area contributed by atoms with Gasteiger partial charge in [-0.2, -0.15) is 0 Å². The average molecular weight is 348 g/mol. The Morgan fingerprint density at radius 3 is 1.96 bits per heavy atom. The van der Waals surface area contributed by atoms with Crippen LogP contribution in [-0.4, -0.2) is 41.5 Å². The summed E-state index contributed by atoms with van der Waals surface area (Å²) in [5.41, 5.74) is -0.0368. The van der Waals surface area contributed by atoms with Gasteiger partial charge in [0.2, 0.25) is 5.91 Å². The van der Waals surface area contributed by atoms with Gasteiger partial charge in [0.05, 0.1) is 6.04 Å². The summed E-state index contributed by atoms with van der Waals surface area (Å²) in [5.74, 6) is 2.22. The Kier molecular flexibility index (Phi) is 4.78. The van der Waals surface area contributed by atoms with E-state index in [0.29, 0.717) is 0 Å². The molecule has 4 bridgehead atoms. The number of nitrogens with zero attached hydrogens (tertiary/aromatic N) is 1. The fraction of sp³-hybridized carbons (Fsp3) is 0.900. The van der Waals surface area contributed by atoms with Crippen LogP contribution in [0.5, 0.6) is 0 Å². The van der Waals surface area contributed by atoms with Crippen molar-refractivity contribution >= 4 is 11.9 Å². The van der Waals surface area contributed by atoms with E-state index < -0.39 is 0 Å². The maximum absolute atomic E-state index is 12.5. The third-order valence-electron chi connectivity index (χ3n) is 7.22. The van der Waals surface area contributed by atoms with Crippen LogP contribution < -0.4 is 10.6 Å². The van der Waals surface area contributed by atoms with E-state index in [9.17, 15) is 9.59 Å². The molecule has 5 heteroatoms. The number of likely N-dealkylation sites (tertiary alicyclic amines) is 1. The molecule has 0 aromatic carbocycles. The minimum absolute atomic E-state index is 0.0368. The number of nitrogens with one attached hydrogen (secondary N) is 2. The van der Waals surface area contributed by atoms with Crippen LogP contribution in [0.25, 0.3) is 0 Å². The molecular formula is C20H33N3O2. The van der Waals surface area contributed by atoms with Crippen molar-refractivity contribution in [3.05, 3.63) is 0 Å². The quantitative estimate of drug-likeness (QED) is 0.825. The molecule has 0 aromatic rings. The molecule has 4 aliphatic carbocycles. The van der Waals surface area contributed by atoms with E-state index in [1.165, 1.54) is 32.1 Å². The Labute approximate surface area is 151 Å². The number of imide groups is 1. The van der Waals surface area contributed by atoms with E-state index >= 15 is 0 Å². The van der Waals surface area contributed by atoms with E-state index in [1.807, 2.05) is 6.92 Å². The lowest BCUT2D eigenvalue weighted by Gasteiger charge is -2.56. The van der Waals surface area contributed by atoms with Crippen molar-refractivity contribution in [3.63, 3.8) is 0 Å². The summed E-state index contributed by atoms with van der Waals surface area (Å²) in [5, 5.41) is 5.88. The van der Waals surface area contributed by atoms with Crippen LogP contribution in [0.1, 0.15) is 71.1 Å². The molecule has 1 saturated heterocycles. The van der Waals surface area contributed by atoms with Crippen molar-refractivity contribution in [3.8, 4) is 0 Å². The van der Waals surface area contributed by atoms with Crippen molar-refractivity contribution < 1.29 is 9.59 Å². The van der Waals surface area contributed by atoms with E-state index in [-0.39, 0.29) is 23.5 Å².